The summed E-state index contributed by atoms with van der Waals surface area (Å²) in [6.07, 6.45) is 1.95. The lowest BCUT2D eigenvalue weighted by Crippen LogP contribution is -1.99. The molecule has 3 N–H and O–H groups in total. The van der Waals surface area contributed by atoms with E-state index in [9.17, 15) is 0 Å². The van der Waals surface area contributed by atoms with Gasteiger partial charge in [-0.3, -0.25) is 0 Å². The van der Waals surface area contributed by atoms with Gasteiger partial charge in [0.25, 0.3) is 0 Å². The van der Waals surface area contributed by atoms with E-state index < -0.39 is 0 Å². The van der Waals surface area contributed by atoms with Crippen LogP contribution in [0.1, 0.15) is 5.82 Å². The lowest BCUT2D eigenvalue weighted by Gasteiger charge is -1.97. The molecule has 0 saturated carbocycles. The molecule has 0 unspecified atom stereocenters. The van der Waals surface area contributed by atoms with Crippen LogP contribution in [0.15, 0.2) is 30.5 Å². The Hall–Kier alpha value is -2.14. The number of nitrogens with zero attached hydrogens (tertiary/aromatic N) is 3. The summed E-state index contributed by atoms with van der Waals surface area (Å²) in [7, 11) is 1.88. The maximum atomic E-state index is 5.55. The van der Waals surface area contributed by atoms with Crippen molar-refractivity contribution in [2.75, 3.05) is 0 Å². The van der Waals surface area contributed by atoms with Gasteiger partial charge in [-0.2, -0.15) is 5.10 Å². The van der Waals surface area contributed by atoms with E-state index in [-0.39, 0.29) is 0 Å². The van der Waals surface area contributed by atoms with E-state index in [1.165, 1.54) is 0 Å². The highest BCUT2D eigenvalue weighted by molar-refractivity contribution is 5.93. The standard InChI is InChI=1S/C12H13N5/c1-17-12(15-11(6-13)16-17)9-7-14-10-5-3-2-4-8(9)10/h2-5,7,14H,6,13H2,1H3. The maximum Gasteiger partial charge on any atom is 0.164 e. The first kappa shape index (κ1) is 10.0. The molecule has 2 aromatic heterocycles. The molecule has 0 atom stereocenters. The van der Waals surface area contributed by atoms with Gasteiger partial charge in [-0.25, -0.2) is 9.67 Å². The Kier molecular flexibility index (Phi) is 2.19. The molecule has 86 valence electrons. The minimum absolute atomic E-state index is 0.357. The summed E-state index contributed by atoms with van der Waals surface area (Å²) >= 11 is 0. The summed E-state index contributed by atoms with van der Waals surface area (Å²) in [6, 6.07) is 8.13. The highest BCUT2D eigenvalue weighted by atomic mass is 15.3. The fraction of sp³-hybridized carbons (Fsp3) is 0.167. The first-order valence-corrected chi connectivity index (χ1v) is 5.46. The van der Waals surface area contributed by atoms with Crippen LogP contribution in [-0.2, 0) is 13.6 Å². The summed E-state index contributed by atoms with van der Waals surface area (Å²) in [5.74, 6) is 1.50. The van der Waals surface area contributed by atoms with Gasteiger partial charge in [0.2, 0.25) is 0 Å². The third kappa shape index (κ3) is 1.52. The fourth-order valence-corrected chi connectivity index (χ4v) is 2.02. The smallest absolute Gasteiger partial charge is 0.164 e. The number of hydrogen-bond acceptors (Lipinski definition) is 3. The average molecular weight is 227 g/mol. The summed E-state index contributed by atoms with van der Waals surface area (Å²) in [5, 5.41) is 5.40. The van der Waals surface area contributed by atoms with Crippen molar-refractivity contribution in [3.8, 4) is 11.4 Å². The van der Waals surface area contributed by atoms with Crippen molar-refractivity contribution >= 4 is 10.9 Å². The van der Waals surface area contributed by atoms with Crippen LogP contribution >= 0.6 is 0 Å². The van der Waals surface area contributed by atoms with E-state index in [1.54, 1.807) is 4.68 Å². The molecule has 0 radical (unpaired) electrons. The number of rotatable bonds is 2. The molecule has 3 rings (SSSR count). The number of fused-ring (bicyclic) bond motifs is 1. The lowest BCUT2D eigenvalue weighted by atomic mass is 10.1. The molecule has 17 heavy (non-hydrogen) atoms. The number of hydrogen-bond donors (Lipinski definition) is 2. The average Bonchev–Trinajstić information content (AvgIpc) is 2.92. The molecule has 1 aromatic carbocycles. The van der Waals surface area contributed by atoms with Crippen LogP contribution < -0.4 is 5.73 Å². The Labute approximate surface area is 98.3 Å². The predicted molar refractivity (Wildman–Crippen MR) is 66.2 cm³/mol. The zero-order valence-electron chi connectivity index (χ0n) is 9.51. The van der Waals surface area contributed by atoms with Gasteiger partial charge in [-0.05, 0) is 6.07 Å². The van der Waals surface area contributed by atoms with Crippen molar-refractivity contribution in [1.29, 1.82) is 0 Å². The Balaban J connectivity index is 2.23. The second kappa shape index (κ2) is 3.71. The summed E-state index contributed by atoms with van der Waals surface area (Å²) in [6.45, 7) is 0.357. The second-order valence-electron chi connectivity index (χ2n) is 3.93. The molecule has 0 fully saturated rings. The Morgan fingerprint density at radius 2 is 2.18 bits per heavy atom. The van der Waals surface area contributed by atoms with Gasteiger partial charge < -0.3 is 10.7 Å². The van der Waals surface area contributed by atoms with Crippen molar-refractivity contribution in [2.24, 2.45) is 12.8 Å². The molecule has 0 aliphatic carbocycles. The molecule has 3 aromatic rings. The molecule has 5 nitrogen and oxygen atoms in total. The lowest BCUT2D eigenvalue weighted by molar-refractivity contribution is 0.749. The molecule has 0 saturated heterocycles. The van der Waals surface area contributed by atoms with Crippen molar-refractivity contribution < 1.29 is 0 Å². The molecular formula is C12H13N5. The van der Waals surface area contributed by atoms with Crippen LogP contribution in [0, 0.1) is 0 Å². The number of nitrogens with two attached hydrogens (primary N) is 1. The van der Waals surface area contributed by atoms with E-state index >= 15 is 0 Å². The number of nitrogens with one attached hydrogen (secondary N) is 1. The largest absolute Gasteiger partial charge is 0.360 e. The summed E-state index contributed by atoms with van der Waals surface area (Å²) in [4.78, 5) is 7.66. The highest BCUT2D eigenvalue weighted by Crippen LogP contribution is 2.26. The second-order valence-corrected chi connectivity index (χ2v) is 3.93. The van der Waals surface area contributed by atoms with Crippen molar-refractivity contribution in [3.05, 3.63) is 36.3 Å². The topological polar surface area (TPSA) is 72.5 Å². The van der Waals surface area contributed by atoms with E-state index in [1.807, 2.05) is 31.4 Å². The fourth-order valence-electron chi connectivity index (χ4n) is 2.02. The van der Waals surface area contributed by atoms with Crippen molar-refractivity contribution in [1.82, 2.24) is 19.7 Å². The quantitative estimate of drug-likeness (QED) is 0.695. The number of aromatic amines is 1. The number of H-pyrrole nitrogens is 1. The molecule has 0 aliphatic rings. The van der Waals surface area contributed by atoms with Crippen LogP contribution in [-0.4, -0.2) is 19.7 Å². The van der Waals surface area contributed by atoms with Crippen LogP contribution in [0.5, 0.6) is 0 Å². The first-order valence-electron chi connectivity index (χ1n) is 5.46. The monoisotopic (exact) mass is 227 g/mol. The van der Waals surface area contributed by atoms with E-state index in [2.05, 4.69) is 21.1 Å². The first-order chi connectivity index (χ1) is 8.29. The number of benzene rings is 1. The molecule has 5 heteroatoms. The van der Waals surface area contributed by atoms with Crippen LogP contribution in [0.25, 0.3) is 22.3 Å². The number of para-hydroxylation sites is 1. The van der Waals surface area contributed by atoms with Gasteiger partial charge >= 0.3 is 0 Å². The van der Waals surface area contributed by atoms with E-state index in [4.69, 9.17) is 5.73 Å². The normalized spacial score (nSPS) is 11.2. The minimum Gasteiger partial charge on any atom is -0.360 e. The molecule has 0 amide bonds. The van der Waals surface area contributed by atoms with Gasteiger partial charge in [0.05, 0.1) is 6.54 Å². The maximum absolute atomic E-state index is 5.55. The van der Waals surface area contributed by atoms with Gasteiger partial charge in [0.1, 0.15) is 0 Å². The molecule has 0 spiro atoms. The van der Waals surface area contributed by atoms with Gasteiger partial charge in [0, 0.05) is 29.7 Å². The SMILES string of the molecule is Cn1nc(CN)nc1-c1c[nH]c2ccccc12. The zero-order valence-corrected chi connectivity index (χ0v) is 9.51. The Bertz CT molecular complexity index is 664. The van der Waals surface area contributed by atoms with E-state index in [0.29, 0.717) is 12.4 Å². The van der Waals surface area contributed by atoms with Gasteiger partial charge in [0.15, 0.2) is 11.6 Å². The third-order valence-electron chi connectivity index (χ3n) is 2.82. The van der Waals surface area contributed by atoms with Crippen LogP contribution in [0.4, 0.5) is 0 Å². The van der Waals surface area contributed by atoms with Crippen molar-refractivity contribution in [3.63, 3.8) is 0 Å². The molecular weight excluding hydrogens is 214 g/mol. The predicted octanol–water partition coefficient (Wildman–Crippen LogP) is 1.42. The molecule has 0 aliphatic heterocycles. The minimum atomic E-state index is 0.357. The summed E-state index contributed by atoms with van der Waals surface area (Å²) < 4.78 is 1.76. The number of aryl methyl sites for hydroxylation is 1. The third-order valence-corrected chi connectivity index (χ3v) is 2.82. The van der Waals surface area contributed by atoms with E-state index in [0.717, 1.165) is 22.3 Å². The van der Waals surface area contributed by atoms with Crippen LogP contribution in [0.2, 0.25) is 0 Å². The van der Waals surface area contributed by atoms with Gasteiger partial charge in [-0.1, -0.05) is 18.2 Å². The Morgan fingerprint density at radius 3 is 2.94 bits per heavy atom. The Morgan fingerprint density at radius 1 is 1.35 bits per heavy atom. The van der Waals surface area contributed by atoms with Gasteiger partial charge in [-0.15, -0.1) is 0 Å². The highest BCUT2D eigenvalue weighted by Gasteiger charge is 2.12. The summed E-state index contributed by atoms with van der Waals surface area (Å²) in [5.41, 5.74) is 7.70. The molecule has 2 heterocycles. The van der Waals surface area contributed by atoms with Crippen molar-refractivity contribution in [2.45, 2.75) is 6.54 Å². The zero-order chi connectivity index (χ0) is 11.8. The van der Waals surface area contributed by atoms with Crippen LogP contribution in [0.3, 0.4) is 0 Å². The molecule has 0 bridgehead atoms. The number of aromatic nitrogens is 4.